The molecule has 21 heavy (non-hydrogen) atoms. The van der Waals surface area contributed by atoms with E-state index in [1.165, 1.54) is 13.0 Å². The van der Waals surface area contributed by atoms with Crippen LogP contribution in [0.25, 0.3) is 0 Å². The van der Waals surface area contributed by atoms with Gasteiger partial charge in [0.15, 0.2) is 11.6 Å². The molecule has 0 amide bonds. The smallest absolute Gasteiger partial charge is 0.164 e. The van der Waals surface area contributed by atoms with E-state index in [-0.39, 0.29) is 18.0 Å². The Hall–Kier alpha value is -1.49. The van der Waals surface area contributed by atoms with Gasteiger partial charge in [0.25, 0.3) is 0 Å². The second-order valence-electron chi connectivity index (χ2n) is 5.61. The third-order valence-electron chi connectivity index (χ3n) is 3.14. The fraction of sp³-hybridized carbons (Fsp3) is 0.471. The molecule has 4 heteroatoms. The lowest BCUT2D eigenvalue weighted by molar-refractivity contribution is -0.148. The van der Waals surface area contributed by atoms with E-state index in [1.807, 2.05) is 44.2 Å². The molecule has 0 unspecified atom stereocenters. The number of carbonyl (C=O) groups is 1. The summed E-state index contributed by atoms with van der Waals surface area (Å²) in [6.07, 6.45) is 2.78. The molecule has 0 N–H and O–H groups in total. The molecule has 1 saturated heterocycles. The van der Waals surface area contributed by atoms with Gasteiger partial charge in [-0.15, -0.1) is 0 Å². The Bertz CT molecular complexity index is 493. The van der Waals surface area contributed by atoms with Gasteiger partial charge < -0.3 is 14.2 Å². The van der Waals surface area contributed by atoms with Crippen molar-refractivity contribution in [3.05, 3.63) is 48.0 Å². The molecule has 1 fully saturated rings. The molecule has 1 aromatic carbocycles. The number of hydrogen-bond acceptors (Lipinski definition) is 4. The Morgan fingerprint density at radius 2 is 2.00 bits per heavy atom. The molecular weight excluding hydrogens is 268 g/mol. The third kappa shape index (κ3) is 5.08. The van der Waals surface area contributed by atoms with Crippen LogP contribution in [0.5, 0.6) is 0 Å². The Labute approximate surface area is 125 Å². The molecule has 2 rings (SSSR count). The third-order valence-corrected chi connectivity index (χ3v) is 3.14. The van der Waals surface area contributed by atoms with E-state index in [2.05, 4.69) is 0 Å². The van der Waals surface area contributed by atoms with Crippen LogP contribution >= 0.6 is 0 Å². The fourth-order valence-corrected chi connectivity index (χ4v) is 2.25. The lowest BCUT2D eigenvalue weighted by atomic mass is 10.2. The molecule has 1 aromatic rings. The first-order chi connectivity index (χ1) is 9.96. The Balaban J connectivity index is 1.88. The van der Waals surface area contributed by atoms with Gasteiger partial charge in [0, 0.05) is 0 Å². The van der Waals surface area contributed by atoms with Gasteiger partial charge in [-0.1, -0.05) is 30.3 Å². The summed E-state index contributed by atoms with van der Waals surface area (Å²) in [7, 11) is 0. The molecule has 1 aliphatic heterocycles. The zero-order valence-electron chi connectivity index (χ0n) is 12.7. The van der Waals surface area contributed by atoms with E-state index in [9.17, 15) is 4.79 Å². The highest BCUT2D eigenvalue weighted by molar-refractivity contribution is 5.87. The number of hydrogen-bond donors (Lipinski definition) is 0. The van der Waals surface area contributed by atoms with Crippen molar-refractivity contribution < 1.29 is 19.0 Å². The first-order valence-corrected chi connectivity index (χ1v) is 7.12. The minimum absolute atomic E-state index is 0.00717. The molecule has 0 aliphatic carbocycles. The Kier molecular flexibility index (Phi) is 5.28. The van der Waals surface area contributed by atoms with Gasteiger partial charge in [0.05, 0.1) is 13.2 Å². The van der Waals surface area contributed by atoms with E-state index in [1.54, 1.807) is 6.08 Å². The van der Waals surface area contributed by atoms with Gasteiger partial charge in [-0.25, -0.2) is 0 Å². The van der Waals surface area contributed by atoms with Crippen molar-refractivity contribution in [3.8, 4) is 0 Å². The van der Waals surface area contributed by atoms with Gasteiger partial charge in [-0.2, -0.15) is 0 Å². The fourth-order valence-electron chi connectivity index (χ4n) is 2.25. The summed E-state index contributed by atoms with van der Waals surface area (Å²) in [5.74, 6) is -0.667. The summed E-state index contributed by atoms with van der Waals surface area (Å²) in [5.41, 5.74) is 1.12. The number of ketones is 1. The maximum absolute atomic E-state index is 11.1. The summed E-state index contributed by atoms with van der Waals surface area (Å²) >= 11 is 0. The molecule has 0 spiro atoms. The van der Waals surface area contributed by atoms with Crippen LogP contribution in [0.3, 0.4) is 0 Å². The van der Waals surface area contributed by atoms with E-state index in [0.717, 1.165) is 5.56 Å². The van der Waals surface area contributed by atoms with Crippen molar-refractivity contribution in [1.29, 1.82) is 0 Å². The standard InChI is InChI=1S/C17H22O4/c1-13(18)9-10-15-16(21-17(2,3)20-15)12-19-11-14-7-5-4-6-8-14/h4-10,15-16H,11-12H2,1-3H3/b10-9-/t15-,16-/m0/s1. The second-order valence-corrected chi connectivity index (χ2v) is 5.61. The van der Waals surface area contributed by atoms with Crippen molar-refractivity contribution in [1.82, 2.24) is 0 Å². The second kappa shape index (κ2) is 6.98. The van der Waals surface area contributed by atoms with Crippen molar-refractivity contribution in [3.63, 3.8) is 0 Å². The number of carbonyl (C=O) groups excluding carboxylic acids is 1. The van der Waals surface area contributed by atoms with Gasteiger partial charge in [0.2, 0.25) is 0 Å². The first kappa shape index (κ1) is 15.9. The SMILES string of the molecule is CC(=O)/C=C\[C@@H]1OC(C)(C)O[C@H]1COCc1ccccc1. The molecule has 1 heterocycles. The lowest BCUT2D eigenvalue weighted by Gasteiger charge is -2.16. The summed E-state index contributed by atoms with van der Waals surface area (Å²) < 4.78 is 17.3. The molecule has 1 aliphatic rings. The minimum Gasteiger partial charge on any atom is -0.374 e. The average molecular weight is 290 g/mol. The highest BCUT2D eigenvalue weighted by atomic mass is 16.8. The zero-order chi connectivity index (χ0) is 15.3. The average Bonchev–Trinajstić information content (AvgIpc) is 2.72. The van der Waals surface area contributed by atoms with Crippen molar-refractivity contribution in [2.24, 2.45) is 0 Å². The van der Waals surface area contributed by atoms with Gasteiger partial charge >= 0.3 is 0 Å². The predicted octanol–water partition coefficient (Wildman–Crippen LogP) is 2.87. The number of ether oxygens (including phenoxy) is 3. The van der Waals surface area contributed by atoms with Gasteiger partial charge in [0.1, 0.15) is 12.2 Å². The van der Waals surface area contributed by atoms with E-state index in [0.29, 0.717) is 13.2 Å². The van der Waals surface area contributed by atoms with Crippen LogP contribution in [0.4, 0.5) is 0 Å². The number of rotatable bonds is 6. The molecule has 114 valence electrons. The molecule has 0 aromatic heterocycles. The maximum Gasteiger partial charge on any atom is 0.164 e. The molecule has 4 nitrogen and oxygen atoms in total. The van der Waals surface area contributed by atoms with Crippen LogP contribution in [0.1, 0.15) is 26.3 Å². The van der Waals surface area contributed by atoms with Gasteiger partial charge in [-0.05, 0) is 38.5 Å². The van der Waals surface area contributed by atoms with Gasteiger partial charge in [-0.3, -0.25) is 4.79 Å². The van der Waals surface area contributed by atoms with Crippen molar-refractivity contribution >= 4 is 5.78 Å². The molecular formula is C17H22O4. The van der Waals surface area contributed by atoms with Crippen LogP contribution in [-0.4, -0.2) is 30.4 Å². The van der Waals surface area contributed by atoms with Crippen LogP contribution in [0.15, 0.2) is 42.5 Å². The van der Waals surface area contributed by atoms with Crippen molar-refractivity contribution in [2.75, 3.05) is 6.61 Å². The quantitative estimate of drug-likeness (QED) is 0.756. The molecule has 2 atom stereocenters. The first-order valence-electron chi connectivity index (χ1n) is 7.12. The summed E-state index contributed by atoms with van der Waals surface area (Å²) in [4.78, 5) is 11.1. The highest BCUT2D eigenvalue weighted by Gasteiger charge is 2.39. The topological polar surface area (TPSA) is 44.8 Å². The molecule has 0 saturated carbocycles. The maximum atomic E-state index is 11.1. The monoisotopic (exact) mass is 290 g/mol. The predicted molar refractivity (Wildman–Crippen MR) is 79.7 cm³/mol. The van der Waals surface area contributed by atoms with E-state index in [4.69, 9.17) is 14.2 Å². The summed E-state index contributed by atoms with van der Waals surface area (Å²) in [6, 6.07) is 9.97. The summed E-state index contributed by atoms with van der Waals surface area (Å²) in [5, 5.41) is 0. The van der Waals surface area contributed by atoms with Crippen LogP contribution in [0, 0.1) is 0 Å². The molecule has 0 bridgehead atoms. The van der Waals surface area contributed by atoms with Crippen LogP contribution in [0.2, 0.25) is 0 Å². The Morgan fingerprint density at radius 1 is 1.29 bits per heavy atom. The van der Waals surface area contributed by atoms with E-state index < -0.39 is 5.79 Å². The van der Waals surface area contributed by atoms with Crippen molar-refractivity contribution in [2.45, 2.75) is 45.4 Å². The lowest BCUT2D eigenvalue weighted by Crippen LogP contribution is -2.26. The molecule has 0 radical (unpaired) electrons. The largest absolute Gasteiger partial charge is 0.374 e. The number of allylic oxidation sites excluding steroid dienone is 1. The normalized spacial score (nSPS) is 24.5. The Morgan fingerprint density at radius 3 is 2.67 bits per heavy atom. The number of benzene rings is 1. The van der Waals surface area contributed by atoms with Crippen LogP contribution < -0.4 is 0 Å². The summed E-state index contributed by atoms with van der Waals surface area (Å²) in [6.45, 7) is 6.19. The highest BCUT2D eigenvalue weighted by Crippen LogP contribution is 2.29. The zero-order valence-corrected chi connectivity index (χ0v) is 12.7. The minimum atomic E-state index is -0.660. The van der Waals surface area contributed by atoms with Crippen LogP contribution in [-0.2, 0) is 25.6 Å². The van der Waals surface area contributed by atoms with E-state index >= 15 is 0 Å².